The van der Waals surface area contributed by atoms with Crippen LogP contribution in [0.2, 0.25) is 0 Å². The molecule has 0 bridgehead atoms. The van der Waals surface area contributed by atoms with Crippen LogP contribution >= 0.6 is 22.6 Å². The van der Waals surface area contributed by atoms with Gasteiger partial charge in [-0.2, -0.15) is 5.10 Å². The molecule has 0 saturated carbocycles. The van der Waals surface area contributed by atoms with E-state index in [1.165, 1.54) is 7.11 Å². The van der Waals surface area contributed by atoms with Gasteiger partial charge in [0, 0.05) is 12.2 Å². The lowest BCUT2D eigenvalue weighted by Crippen LogP contribution is -2.54. The molecule has 0 spiro atoms. The number of methoxy groups -OCH3 is 1. The molecule has 1 N–H and O–H groups in total. The molecular formula is C13H22IN3O2. The van der Waals surface area contributed by atoms with E-state index in [1.807, 2.05) is 44.8 Å². The molecule has 0 amide bonds. The number of hydrogen-bond donors (Lipinski definition) is 1. The first-order chi connectivity index (χ1) is 8.78. The topological polar surface area (TPSA) is 56.2 Å². The fraction of sp³-hybridized carbons (Fsp3) is 0.692. The fourth-order valence-electron chi connectivity index (χ4n) is 2.30. The van der Waals surface area contributed by atoms with Crippen molar-refractivity contribution in [2.24, 2.45) is 0 Å². The highest BCUT2D eigenvalue weighted by molar-refractivity contribution is 14.1. The van der Waals surface area contributed by atoms with Gasteiger partial charge in [-0.25, -0.2) is 0 Å². The molecule has 6 heteroatoms. The van der Waals surface area contributed by atoms with Crippen molar-refractivity contribution in [1.82, 2.24) is 15.1 Å². The molecule has 2 atom stereocenters. The van der Waals surface area contributed by atoms with Gasteiger partial charge in [-0.1, -0.05) is 0 Å². The number of aromatic nitrogens is 2. The summed E-state index contributed by atoms with van der Waals surface area (Å²) in [6.07, 6.45) is 4.40. The maximum atomic E-state index is 12.0. The SMILES string of the molecule is COC(=O)C(C)(CC(C)n1cc(I)cn1)NC(C)C. The maximum Gasteiger partial charge on any atom is 0.325 e. The molecule has 19 heavy (non-hydrogen) atoms. The van der Waals surface area contributed by atoms with Gasteiger partial charge in [0.05, 0.1) is 22.9 Å². The molecule has 108 valence electrons. The van der Waals surface area contributed by atoms with Crippen LogP contribution in [0.15, 0.2) is 12.4 Å². The lowest BCUT2D eigenvalue weighted by Gasteiger charge is -2.32. The second-order valence-electron chi connectivity index (χ2n) is 5.31. The Balaban J connectivity index is 2.85. The molecule has 1 rings (SSSR count). The molecule has 1 aromatic heterocycles. The molecule has 0 aromatic carbocycles. The molecule has 1 heterocycles. The van der Waals surface area contributed by atoms with Crippen molar-refractivity contribution in [2.45, 2.75) is 51.7 Å². The zero-order valence-corrected chi connectivity index (χ0v) is 14.3. The zero-order valence-electron chi connectivity index (χ0n) is 12.1. The van der Waals surface area contributed by atoms with Gasteiger partial charge < -0.3 is 4.74 Å². The molecule has 5 nitrogen and oxygen atoms in total. The van der Waals surface area contributed by atoms with Crippen LogP contribution in [0, 0.1) is 3.57 Å². The quantitative estimate of drug-likeness (QED) is 0.609. The number of nitrogens with zero attached hydrogens (tertiary/aromatic N) is 2. The van der Waals surface area contributed by atoms with Crippen LogP contribution in [-0.4, -0.2) is 34.4 Å². The molecular weight excluding hydrogens is 357 g/mol. The minimum absolute atomic E-state index is 0.110. The Morgan fingerprint density at radius 1 is 1.58 bits per heavy atom. The number of ether oxygens (including phenoxy) is 1. The highest BCUT2D eigenvalue weighted by Crippen LogP contribution is 2.23. The minimum Gasteiger partial charge on any atom is -0.468 e. The summed E-state index contributed by atoms with van der Waals surface area (Å²) in [5.41, 5.74) is -0.709. The number of rotatable bonds is 6. The second-order valence-corrected chi connectivity index (χ2v) is 6.56. The van der Waals surface area contributed by atoms with E-state index in [0.717, 1.165) is 3.57 Å². The Bertz CT molecular complexity index is 433. The Hall–Kier alpha value is -0.630. The van der Waals surface area contributed by atoms with Crippen LogP contribution in [0.3, 0.4) is 0 Å². The van der Waals surface area contributed by atoms with E-state index in [1.54, 1.807) is 0 Å². The standard InChI is InChI=1S/C13H22IN3O2/c1-9(2)16-13(4,12(18)19-5)6-10(3)17-8-11(14)7-15-17/h7-10,16H,6H2,1-5H3. The molecule has 0 aliphatic heterocycles. The summed E-state index contributed by atoms with van der Waals surface area (Å²) in [4.78, 5) is 12.0. The molecule has 1 aromatic rings. The van der Waals surface area contributed by atoms with Gasteiger partial charge in [0.2, 0.25) is 0 Å². The van der Waals surface area contributed by atoms with E-state index < -0.39 is 5.54 Å². The van der Waals surface area contributed by atoms with Crippen LogP contribution in [0.1, 0.15) is 40.2 Å². The Kier molecular flexibility index (Phi) is 5.79. The van der Waals surface area contributed by atoms with Gasteiger partial charge in [0.1, 0.15) is 5.54 Å². The van der Waals surface area contributed by atoms with E-state index >= 15 is 0 Å². The molecule has 0 aliphatic carbocycles. The van der Waals surface area contributed by atoms with Crippen molar-refractivity contribution in [3.8, 4) is 0 Å². The van der Waals surface area contributed by atoms with Gasteiger partial charge in [-0.05, 0) is 56.7 Å². The number of hydrogen-bond acceptors (Lipinski definition) is 4. The average Bonchev–Trinajstić information content (AvgIpc) is 2.73. The summed E-state index contributed by atoms with van der Waals surface area (Å²) < 4.78 is 7.89. The predicted octanol–water partition coefficient (Wildman–Crippen LogP) is 2.37. The van der Waals surface area contributed by atoms with Gasteiger partial charge >= 0.3 is 5.97 Å². The lowest BCUT2D eigenvalue weighted by atomic mass is 9.92. The fourth-order valence-corrected chi connectivity index (χ4v) is 2.71. The van der Waals surface area contributed by atoms with Gasteiger partial charge in [0.25, 0.3) is 0 Å². The van der Waals surface area contributed by atoms with Crippen LogP contribution in [-0.2, 0) is 9.53 Å². The van der Waals surface area contributed by atoms with Crippen LogP contribution < -0.4 is 5.32 Å². The third-order valence-corrected chi connectivity index (χ3v) is 3.53. The van der Waals surface area contributed by atoms with Crippen molar-refractivity contribution < 1.29 is 9.53 Å². The molecule has 2 unspecified atom stereocenters. The number of carbonyl (C=O) groups is 1. The summed E-state index contributed by atoms with van der Waals surface area (Å²) in [5, 5.41) is 7.59. The van der Waals surface area contributed by atoms with Crippen LogP contribution in [0.5, 0.6) is 0 Å². The number of esters is 1. The summed E-state index contributed by atoms with van der Waals surface area (Å²) in [6, 6.07) is 0.313. The lowest BCUT2D eigenvalue weighted by molar-refractivity contribution is -0.149. The Labute approximate surface area is 128 Å². The third kappa shape index (κ3) is 4.45. The summed E-state index contributed by atoms with van der Waals surface area (Å²) in [7, 11) is 1.42. The molecule has 0 fully saturated rings. The predicted molar refractivity (Wildman–Crippen MR) is 83.0 cm³/mol. The minimum atomic E-state index is -0.709. The summed E-state index contributed by atoms with van der Waals surface area (Å²) in [6.45, 7) is 7.96. The smallest absolute Gasteiger partial charge is 0.325 e. The molecule has 0 saturated heterocycles. The van der Waals surface area contributed by atoms with E-state index in [9.17, 15) is 4.79 Å². The Morgan fingerprint density at radius 2 is 2.21 bits per heavy atom. The Morgan fingerprint density at radius 3 is 2.63 bits per heavy atom. The average molecular weight is 379 g/mol. The third-order valence-electron chi connectivity index (χ3n) is 2.97. The summed E-state index contributed by atoms with van der Waals surface area (Å²) in [5.74, 6) is -0.241. The highest BCUT2D eigenvalue weighted by atomic mass is 127. The van der Waals surface area contributed by atoms with E-state index in [0.29, 0.717) is 6.42 Å². The van der Waals surface area contributed by atoms with E-state index in [4.69, 9.17) is 4.74 Å². The van der Waals surface area contributed by atoms with Crippen LogP contribution in [0.4, 0.5) is 0 Å². The first-order valence-electron chi connectivity index (χ1n) is 6.34. The van der Waals surface area contributed by atoms with Crippen LogP contribution in [0.25, 0.3) is 0 Å². The second kappa shape index (κ2) is 6.69. The largest absolute Gasteiger partial charge is 0.468 e. The van der Waals surface area contributed by atoms with Gasteiger partial charge in [-0.3, -0.25) is 14.8 Å². The van der Waals surface area contributed by atoms with Gasteiger partial charge in [-0.15, -0.1) is 0 Å². The van der Waals surface area contributed by atoms with Crippen molar-refractivity contribution in [3.63, 3.8) is 0 Å². The first kappa shape index (κ1) is 16.4. The highest BCUT2D eigenvalue weighted by Gasteiger charge is 2.36. The van der Waals surface area contributed by atoms with Crippen molar-refractivity contribution in [1.29, 1.82) is 0 Å². The van der Waals surface area contributed by atoms with Crippen molar-refractivity contribution >= 4 is 28.6 Å². The van der Waals surface area contributed by atoms with Crippen molar-refractivity contribution in [3.05, 3.63) is 16.0 Å². The normalized spacial score (nSPS) is 16.2. The molecule has 0 radical (unpaired) electrons. The number of carbonyl (C=O) groups excluding carboxylic acids is 1. The summed E-state index contributed by atoms with van der Waals surface area (Å²) >= 11 is 2.22. The monoisotopic (exact) mass is 379 g/mol. The zero-order chi connectivity index (χ0) is 14.6. The molecule has 0 aliphatic rings. The maximum absolute atomic E-state index is 12.0. The first-order valence-corrected chi connectivity index (χ1v) is 7.42. The van der Waals surface area contributed by atoms with Gasteiger partial charge in [0.15, 0.2) is 0 Å². The number of nitrogens with one attached hydrogen (secondary N) is 1. The van der Waals surface area contributed by atoms with E-state index in [2.05, 4.69) is 33.0 Å². The van der Waals surface area contributed by atoms with Crippen molar-refractivity contribution in [2.75, 3.05) is 7.11 Å². The number of halogens is 1. The van der Waals surface area contributed by atoms with E-state index in [-0.39, 0.29) is 18.1 Å².